The van der Waals surface area contributed by atoms with E-state index in [2.05, 4.69) is 5.32 Å². The van der Waals surface area contributed by atoms with Gasteiger partial charge in [-0.3, -0.25) is 4.79 Å². The summed E-state index contributed by atoms with van der Waals surface area (Å²) in [6.45, 7) is -0.0432. The van der Waals surface area contributed by atoms with Gasteiger partial charge in [-0.2, -0.15) is 4.31 Å². The van der Waals surface area contributed by atoms with Gasteiger partial charge in [-0.25, -0.2) is 12.8 Å². The average Bonchev–Trinajstić information content (AvgIpc) is 2.61. The van der Waals surface area contributed by atoms with Crippen LogP contribution in [-0.4, -0.2) is 38.5 Å². The predicted octanol–water partition coefficient (Wildman–Crippen LogP) is 1.91. The van der Waals surface area contributed by atoms with Crippen LogP contribution >= 0.6 is 0 Å². The number of hydrogen-bond acceptors (Lipinski definition) is 4. The zero-order valence-corrected chi connectivity index (χ0v) is 15.4. The Morgan fingerprint density at radius 3 is 2.19 bits per heavy atom. The molecular formula is C18H21FN2O4S. The standard InChI is InChI=1S/C18H21FN2O4S/c1-25-17-9-5-14(6-10-17)11-20-18(22)13-21(26(2,23)24)12-15-3-7-16(19)8-4-15/h3-10H,11-13H2,1-2H3,(H,20,22). The van der Waals surface area contributed by atoms with Crippen LogP contribution in [0.5, 0.6) is 5.75 Å². The van der Waals surface area contributed by atoms with E-state index < -0.39 is 21.7 Å². The smallest absolute Gasteiger partial charge is 0.235 e. The van der Waals surface area contributed by atoms with Gasteiger partial charge in [-0.15, -0.1) is 0 Å². The Bertz CT molecular complexity index is 836. The van der Waals surface area contributed by atoms with E-state index in [9.17, 15) is 17.6 Å². The number of rotatable bonds is 8. The van der Waals surface area contributed by atoms with Crippen LogP contribution in [0.25, 0.3) is 0 Å². The van der Waals surface area contributed by atoms with Crippen molar-refractivity contribution in [3.63, 3.8) is 0 Å². The van der Waals surface area contributed by atoms with Crippen molar-refractivity contribution in [1.82, 2.24) is 9.62 Å². The highest BCUT2D eigenvalue weighted by molar-refractivity contribution is 7.88. The molecule has 0 saturated carbocycles. The molecule has 8 heteroatoms. The minimum atomic E-state index is -3.60. The number of methoxy groups -OCH3 is 1. The van der Waals surface area contributed by atoms with E-state index in [1.54, 1.807) is 19.2 Å². The van der Waals surface area contributed by atoms with Gasteiger partial charge in [0.25, 0.3) is 0 Å². The van der Waals surface area contributed by atoms with E-state index in [-0.39, 0.29) is 19.6 Å². The van der Waals surface area contributed by atoms with Crippen LogP contribution in [0, 0.1) is 5.82 Å². The quantitative estimate of drug-likeness (QED) is 0.759. The number of nitrogens with zero attached hydrogens (tertiary/aromatic N) is 1. The second-order valence-corrected chi connectivity index (χ2v) is 7.76. The molecule has 0 saturated heterocycles. The fourth-order valence-corrected chi connectivity index (χ4v) is 2.98. The third kappa shape index (κ3) is 6.12. The number of carbonyl (C=O) groups is 1. The molecule has 2 aromatic carbocycles. The van der Waals surface area contributed by atoms with Gasteiger partial charge < -0.3 is 10.1 Å². The number of sulfonamides is 1. The summed E-state index contributed by atoms with van der Waals surface area (Å²) in [7, 11) is -2.03. The number of ether oxygens (including phenoxy) is 1. The largest absolute Gasteiger partial charge is 0.497 e. The third-order valence-corrected chi connectivity index (χ3v) is 4.91. The first-order chi connectivity index (χ1) is 12.3. The summed E-state index contributed by atoms with van der Waals surface area (Å²) in [6.07, 6.45) is 1.03. The van der Waals surface area contributed by atoms with Crippen LogP contribution in [-0.2, 0) is 27.9 Å². The summed E-state index contributed by atoms with van der Waals surface area (Å²) in [6, 6.07) is 12.7. The maximum atomic E-state index is 13.0. The van der Waals surface area contributed by atoms with E-state index in [1.807, 2.05) is 12.1 Å². The molecule has 2 rings (SSSR count). The monoisotopic (exact) mass is 380 g/mol. The minimum absolute atomic E-state index is 0.00489. The molecule has 0 aliphatic heterocycles. The van der Waals surface area contributed by atoms with Gasteiger partial charge in [-0.05, 0) is 35.4 Å². The van der Waals surface area contributed by atoms with Crippen LogP contribution in [0.1, 0.15) is 11.1 Å². The molecule has 0 unspecified atom stereocenters. The van der Waals surface area contributed by atoms with Crippen LogP contribution in [0.4, 0.5) is 4.39 Å². The van der Waals surface area contributed by atoms with Crippen molar-refractivity contribution in [2.24, 2.45) is 0 Å². The van der Waals surface area contributed by atoms with E-state index in [0.717, 1.165) is 16.1 Å². The van der Waals surface area contributed by atoms with Crippen molar-refractivity contribution in [2.75, 3.05) is 19.9 Å². The summed E-state index contributed by atoms with van der Waals surface area (Å²) >= 11 is 0. The Morgan fingerprint density at radius 1 is 1.08 bits per heavy atom. The lowest BCUT2D eigenvalue weighted by Crippen LogP contribution is -2.39. The molecule has 2 aromatic rings. The highest BCUT2D eigenvalue weighted by atomic mass is 32.2. The Hall–Kier alpha value is -2.45. The van der Waals surface area contributed by atoms with Crippen LogP contribution in [0.2, 0.25) is 0 Å². The predicted molar refractivity (Wildman–Crippen MR) is 96.5 cm³/mol. The molecule has 6 nitrogen and oxygen atoms in total. The molecule has 0 heterocycles. The highest BCUT2D eigenvalue weighted by Crippen LogP contribution is 2.12. The second kappa shape index (κ2) is 8.77. The molecule has 1 amide bonds. The number of nitrogens with one attached hydrogen (secondary N) is 1. The minimum Gasteiger partial charge on any atom is -0.497 e. The third-order valence-electron chi connectivity index (χ3n) is 3.71. The first-order valence-electron chi connectivity index (χ1n) is 7.87. The topological polar surface area (TPSA) is 75.7 Å². The first-order valence-corrected chi connectivity index (χ1v) is 9.72. The SMILES string of the molecule is COc1ccc(CNC(=O)CN(Cc2ccc(F)cc2)S(C)(=O)=O)cc1. The van der Waals surface area contributed by atoms with Crippen LogP contribution < -0.4 is 10.1 Å². The van der Waals surface area contributed by atoms with E-state index in [1.165, 1.54) is 24.3 Å². The number of amides is 1. The molecule has 26 heavy (non-hydrogen) atoms. The maximum absolute atomic E-state index is 13.0. The summed E-state index contributed by atoms with van der Waals surface area (Å²) < 4.78 is 43.0. The zero-order valence-electron chi connectivity index (χ0n) is 14.6. The lowest BCUT2D eigenvalue weighted by molar-refractivity contribution is -0.121. The number of carbonyl (C=O) groups excluding carboxylic acids is 1. The number of hydrogen-bond donors (Lipinski definition) is 1. The van der Waals surface area contributed by atoms with Gasteiger partial charge in [0.15, 0.2) is 0 Å². The summed E-state index contributed by atoms with van der Waals surface area (Å²) in [5.41, 5.74) is 1.46. The van der Waals surface area contributed by atoms with Gasteiger partial charge in [-0.1, -0.05) is 24.3 Å². The molecular weight excluding hydrogens is 359 g/mol. The number of benzene rings is 2. The Kier molecular flexibility index (Phi) is 6.70. The van der Waals surface area contributed by atoms with Crippen molar-refractivity contribution >= 4 is 15.9 Å². The van der Waals surface area contributed by atoms with E-state index >= 15 is 0 Å². The molecule has 0 aromatic heterocycles. The molecule has 0 fully saturated rings. The normalized spacial score (nSPS) is 11.4. The van der Waals surface area contributed by atoms with Gasteiger partial charge >= 0.3 is 0 Å². The molecule has 0 aliphatic rings. The van der Waals surface area contributed by atoms with Crippen LogP contribution in [0.15, 0.2) is 48.5 Å². The molecule has 1 N–H and O–H groups in total. The molecule has 140 valence electrons. The van der Waals surface area contributed by atoms with Gasteiger partial charge in [0.1, 0.15) is 11.6 Å². The molecule has 0 atom stereocenters. The zero-order chi connectivity index (χ0) is 19.2. The molecule has 0 spiro atoms. The first kappa shape index (κ1) is 19.9. The summed E-state index contributed by atoms with van der Waals surface area (Å²) in [5, 5.41) is 2.69. The van der Waals surface area contributed by atoms with Gasteiger partial charge in [0.05, 0.1) is 19.9 Å². The van der Waals surface area contributed by atoms with Crippen molar-refractivity contribution < 1.29 is 22.3 Å². The van der Waals surface area contributed by atoms with Gasteiger partial charge in [0.2, 0.25) is 15.9 Å². The maximum Gasteiger partial charge on any atom is 0.235 e. The van der Waals surface area contributed by atoms with Crippen molar-refractivity contribution in [3.8, 4) is 5.75 Å². The van der Waals surface area contributed by atoms with Crippen molar-refractivity contribution in [2.45, 2.75) is 13.1 Å². The van der Waals surface area contributed by atoms with Crippen molar-refractivity contribution in [1.29, 1.82) is 0 Å². The summed E-state index contributed by atoms with van der Waals surface area (Å²) in [5.74, 6) is -0.118. The molecule has 0 bridgehead atoms. The molecule has 0 aliphatic carbocycles. The fraction of sp³-hybridized carbons (Fsp3) is 0.278. The Balaban J connectivity index is 1.96. The average molecular weight is 380 g/mol. The highest BCUT2D eigenvalue weighted by Gasteiger charge is 2.20. The summed E-state index contributed by atoms with van der Waals surface area (Å²) in [4.78, 5) is 12.1. The van der Waals surface area contributed by atoms with E-state index in [4.69, 9.17) is 4.74 Å². The molecule has 0 radical (unpaired) electrons. The lowest BCUT2D eigenvalue weighted by Gasteiger charge is -2.19. The Labute approximate surface area is 152 Å². The van der Waals surface area contributed by atoms with Crippen molar-refractivity contribution in [3.05, 3.63) is 65.5 Å². The lowest BCUT2D eigenvalue weighted by atomic mass is 10.2. The van der Waals surface area contributed by atoms with E-state index in [0.29, 0.717) is 11.3 Å². The van der Waals surface area contributed by atoms with Crippen LogP contribution in [0.3, 0.4) is 0 Å². The fourth-order valence-electron chi connectivity index (χ4n) is 2.24. The second-order valence-electron chi connectivity index (χ2n) is 5.78. The van der Waals surface area contributed by atoms with Gasteiger partial charge in [0, 0.05) is 13.1 Å². The number of halogens is 1. The Morgan fingerprint density at radius 2 is 1.65 bits per heavy atom.